The first-order valence-corrected chi connectivity index (χ1v) is 7.66. The lowest BCUT2D eigenvalue weighted by Gasteiger charge is -2.45. The Morgan fingerprint density at radius 2 is 2.00 bits per heavy atom. The second-order valence-corrected chi connectivity index (χ2v) is 6.17. The third-order valence-corrected chi connectivity index (χ3v) is 4.48. The van der Waals surface area contributed by atoms with Crippen molar-refractivity contribution in [2.75, 3.05) is 33.5 Å². The van der Waals surface area contributed by atoms with Crippen molar-refractivity contribution in [3.8, 4) is 0 Å². The Balaban J connectivity index is 1.90. The molecule has 0 bridgehead atoms. The lowest BCUT2D eigenvalue weighted by molar-refractivity contribution is -0.152. The van der Waals surface area contributed by atoms with Crippen LogP contribution in [0, 0.1) is 5.92 Å². The van der Waals surface area contributed by atoms with Crippen LogP contribution in [0.25, 0.3) is 0 Å². The standard InChI is InChI=1S/C15H29NO3/c1-12(2)18-11-14(16-3)13-4-7-19-15(10-13)5-8-17-9-6-15/h12-14,16H,4-11H2,1-3H3. The van der Waals surface area contributed by atoms with Crippen molar-refractivity contribution >= 4 is 0 Å². The third kappa shape index (κ3) is 4.15. The van der Waals surface area contributed by atoms with E-state index in [1.807, 2.05) is 7.05 Å². The molecular formula is C15H29NO3. The summed E-state index contributed by atoms with van der Waals surface area (Å²) in [6.07, 6.45) is 4.67. The zero-order chi connectivity index (χ0) is 13.7. The van der Waals surface area contributed by atoms with Crippen molar-refractivity contribution in [1.29, 1.82) is 0 Å². The van der Waals surface area contributed by atoms with Crippen LogP contribution in [0.4, 0.5) is 0 Å². The van der Waals surface area contributed by atoms with Crippen LogP contribution in [-0.2, 0) is 14.2 Å². The predicted octanol–water partition coefficient (Wildman–Crippen LogP) is 1.98. The minimum absolute atomic E-state index is 0.0775. The van der Waals surface area contributed by atoms with Gasteiger partial charge in [0.05, 0.1) is 18.3 Å². The first-order chi connectivity index (χ1) is 9.15. The van der Waals surface area contributed by atoms with E-state index >= 15 is 0 Å². The van der Waals surface area contributed by atoms with Crippen molar-refractivity contribution in [2.24, 2.45) is 5.92 Å². The van der Waals surface area contributed by atoms with Gasteiger partial charge >= 0.3 is 0 Å². The summed E-state index contributed by atoms with van der Waals surface area (Å²) in [4.78, 5) is 0. The Hall–Kier alpha value is -0.160. The quantitative estimate of drug-likeness (QED) is 0.830. The molecule has 2 aliphatic heterocycles. The highest BCUT2D eigenvalue weighted by molar-refractivity contribution is 4.92. The van der Waals surface area contributed by atoms with Gasteiger partial charge in [-0.2, -0.15) is 0 Å². The molecule has 19 heavy (non-hydrogen) atoms. The van der Waals surface area contributed by atoms with Gasteiger partial charge < -0.3 is 19.5 Å². The highest BCUT2D eigenvalue weighted by Crippen LogP contribution is 2.38. The molecule has 4 heteroatoms. The largest absolute Gasteiger partial charge is 0.381 e. The minimum atomic E-state index is 0.0775. The normalized spacial score (nSPS) is 28.7. The highest BCUT2D eigenvalue weighted by Gasteiger charge is 2.41. The molecule has 0 aromatic carbocycles. The maximum Gasteiger partial charge on any atom is 0.0729 e. The molecule has 0 amide bonds. The minimum Gasteiger partial charge on any atom is -0.381 e. The first-order valence-electron chi connectivity index (χ1n) is 7.66. The van der Waals surface area contributed by atoms with Gasteiger partial charge in [-0.1, -0.05) is 0 Å². The van der Waals surface area contributed by atoms with Gasteiger partial charge in [-0.3, -0.25) is 0 Å². The maximum atomic E-state index is 6.11. The Labute approximate surface area is 117 Å². The van der Waals surface area contributed by atoms with Crippen molar-refractivity contribution in [1.82, 2.24) is 5.32 Å². The van der Waals surface area contributed by atoms with Crippen molar-refractivity contribution in [3.05, 3.63) is 0 Å². The summed E-state index contributed by atoms with van der Waals surface area (Å²) in [6.45, 7) is 7.56. The summed E-state index contributed by atoms with van der Waals surface area (Å²) in [7, 11) is 2.04. The maximum absolute atomic E-state index is 6.11. The van der Waals surface area contributed by atoms with Gasteiger partial charge in [0.1, 0.15) is 0 Å². The lowest BCUT2D eigenvalue weighted by Crippen LogP contribution is -2.50. The average Bonchev–Trinajstić information content (AvgIpc) is 2.40. The molecule has 2 heterocycles. The summed E-state index contributed by atoms with van der Waals surface area (Å²) >= 11 is 0. The molecule has 2 rings (SSSR count). The number of nitrogens with one attached hydrogen (secondary N) is 1. The summed E-state index contributed by atoms with van der Waals surface area (Å²) in [5.74, 6) is 0.649. The average molecular weight is 271 g/mol. The van der Waals surface area contributed by atoms with E-state index in [0.29, 0.717) is 18.1 Å². The number of hydrogen-bond donors (Lipinski definition) is 1. The summed E-state index contributed by atoms with van der Waals surface area (Å²) in [5, 5.41) is 3.44. The number of hydrogen-bond acceptors (Lipinski definition) is 4. The molecule has 2 aliphatic rings. The monoisotopic (exact) mass is 271 g/mol. The third-order valence-electron chi connectivity index (χ3n) is 4.48. The summed E-state index contributed by atoms with van der Waals surface area (Å²) in [5.41, 5.74) is 0.0775. The zero-order valence-corrected chi connectivity index (χ0v) is 12.6. The van der Waals surface area contributed by atoms with Crippen molar-refractivity contribution < 1.29 is 14.2 Å². The molecule has 2 fully saturated rings. The van der Waals surface area contributed by atoms with Crippen molar-refractivity contribution in [3.63, 3.8) is 0 Å². The second kappa shape index (κ2) is 7.02. The van der Waals surface area contributed by atoms with Gasteiger partial charge in [0.25, 0.3) is 0 Å². The fourth-order valence-electron chi connectivity index (χ4n) is 3.25. The Morgan fingerprint density at radius 1 is 1.26 bits per heavy atom. The number of rotatable bonds is 5. The van der Waals surface area contributed by atoms with E-state index in [4.69, 9.17) is 14.2 Å². The smallest absolute Gasteiger partial charge is 0.0729 e. The number of ether oxygens (including phenoxy) is 3. The first kappa shape index (κ1) is 15.2. The summed E-state index contributed by atoms with van der Waals surface area (Å²) < 4.78 is 17.4. The van der Waals surface area contributed by atoms with Crippen LogP contribution >= 0.6 is 0 Å². The molecule has 0 saturated carbocycles. The molecule has 0 aliphatic carbocycles. The van der Waals surface area contributed by atoms with Crippen LogP contribution in [0.1, 0.15) is 39.5 Å². The topological polar surface area (TPSA) is 39.7 Å². The van der Waals surface area contributed by atoms with Crippen LogP contribution in [0.5, 0.6) is 0 Å². The van der Waals surface area contributed by atoms with E-state index < -0.39 is 0 Å². The molecule has 1 spiro atoms. The molecule has 0 aromatic heterocycles. The molecular weight excluding hydrogens is 242 g/mol. The van der Waals surface area contributed by atoms with Crippen LogP contribution in [-0.4, -0.2) is 51.2 Å². The molecule has 112 valence electrons. The molecule has 2 atom stereocenters. The van der Waals surface area contributed by atoms with Crippen LogP contribution in [0.15, 0.2) is 0 Å². The van der Waals surface area contributed by atoms with Gasteiger partial charge in [-0.25, -0.2) is 0 Å². The van der Waals surface area contributed by atoms with Gasteiger partial charge in [0.2, 0.25) is 0 Å². The highest BCUT2D eigenvalue weighted by atomic mass is 16.5. The van der Waals surface area contributed by atoms with Gasteiger partial charge in [0.15, 0.2) is 0 Å². The Bertz CT molecular complexity index is 259. The van der Waals surface area contributed by atoms with E-state index in [0.717, 1.165) is 52.1 Å². The Morgan fingerprint density at radius 3 is 2.63 bits per heavy atom. The molecule has 4 nitrogen and oxygen atoms in total. The van der Waals surface area contributed by atoms with E-state index in [9.17, 15) is 0 Å². The van der Waals surface area contributed by atoms with Crippen molar-refractivity contribution in [2.45, 2.75) is 57.3 Å². The van der Waals surface area contributed by atoms with E-state index in [2.05, 4.69) is 19.2 Å². The zero-order valence-electron chi connectivity index (χ0n) is 12.6. The molecule has 1 N–H and O–H groups in total. The second-order valence-electron chi connectivity index (χ2n) is 6.17. The van der Waals surface area contributed by atoms with Crippen LogP contribution < -0.4 is 5.32 Å². The molecule has 0 aromatic rings. The number of likely N-dealkylation sites (N-methyl/N-ethyl adjacent to an activating group) is 1. The SMILES string of the molecule is CNC(COC(C)C)C1CCOC2(CCOCC2)C1. The van der Waals surface area contributed by atoms with Gasteiger partial charge in [-0.05, 0) is 52.5 Å². The lowest BCUT2D eigenvalue weighted by atomic mass is 9.78. The predicted molar refractivity (Wildman–Crippen MR) is 75.4 cm³/mol. The fraction of sp³-hybridized carbons (Fsp3) is 1.00. The molecule has 2 unspecified atom stereocenters. The van der Waals surface area contributed by atoms with E-state index in [-0.39, 0.29) is 5.60 Å². The molecule has 0 radical (unpaired) electrons. The van der Waals surface area contributed by atoms with Gasteiger partial charge in [-0.15, -0.1) is 0 Å². The van der Waals surface area contributed by atoms with E-state index in [1.54, 1.807) is 0 Å². The molecule has 2 saturated heterocycles. The summed E-state index contributed by atoms with van der Waals surface area (Å²) in [6, 6.07) is 0.436. The van der Waals surface area contributed by atoms with Crippen LogP contribution in [0.3, 0.4) is 0 Å². The van der Waals surface area contributed by atoms with Gasteiger partial charge in [0, 0.05) is 25.9 Å². The fourth-order valence-corrected chi connectivity index (χ4v) is 3.25. The van der Waals surface area contributed by atoms with E-state index in [1.165, 1.54) is 0 Å². The van der Waals surface area contributed by atoms with Crippen LogP contribution in [0.2, 0.25) is 0 Å². The Kier molecular flexibility index (Phi) is 5.63.